The van der Waals surface area contributed by atoms with Crippen molar-refractivity contribution in [1.29, 1.82) is 0 Å². The molecule has 0 spiro atoms. The van der Waals surface area contributed by atoms with Crippen molar-refractivity contribution in [3.63, 3.8) is 0 Å². The Labute approximate surface area is 175 Å². The summed E-state index contributed by atoms with van der Waals surface area (Å²) in [6.07, 6.45) is 0.660. The van der Waals surface area contributed by atoms with Gasteiger partial charge in [0.25, 0.3) is 5.91 Å². The van der Waals surface area contributed by atoms with E-state index in [1.165, 1.54) is 17.0 Å². The van der Waals surface area contributed by atoms with Gasteiger partial charge in [0, 0.05) is 16.4 Å². The third kappa shape index (κ3) is 3.31. The van der Waals surface area contributed by atoms with E-state index in [9.17, 15) is 19.8 Å². The van der Waals surface area contributed by atoms with E-state index < -0.39 is 23.5 Å². The lowest BCUT2D eigenvalue weighted by Gasteiger charge is -2.26. The van der Waals surface area contributed by atoms with Crippen molar-refractivity contribution in [1.82, 2.24) is 4.90 Å². The summed E-state index contributed by atoms with van der Waals surface area (Å²) in [5.74, 6) is -1.58. The molecule has 7 heteroatoms. The van der Waals surface area contributed by atoms with Gasteiger partial charge in [-0.05, 0) is 48.4 Å². The van der Waals surface area contributed by atoms with Crippen LogP contribution in [0.3, 0.4) is 0 Å². The fourth-order valence-corrected chi connectivity index (χ4v) is 4.00. The van der Waals surface area contributed by atoms with Crippen LogP contribution in [0, 0.1) is 0 Å². The number of benzene rings is 2. The molecular weight excluding hydrogens is 438 g/mol. The highest BCUT2D eigenvalue weighted by Gasteiger charge is 2.44. The summed E-state index contributed by atoms with van der Waals surface area (Å²) >= 11 is 3.39. The molecule has 2 heterocycles. The van der Waals surface area contributed by atoms with Crippen molar-refractivity contribution < 1.29 is 24.2 Å². The highest BCUT2D eigenvalue weighted by atomic mass is 79.9. The number of carbonyl (C=O) groups excluding carboxylic acids is 2. The summed E-state index contributed by atoms with van der Waals surface area (Å²) in [5, 5.41) is 20.9. The van der Waals surface area contributed by atoms with Crippen LogP contribution in [0.1, 0.15) is 35.5 Å². The molecule has 3 aromatic rings. The fraction of sp³-hybridized carbons (Fsp3) is 0.182. The quantitative estimate of drug-likeness (QED) is 0.534. The number of rotatable bonds is 5. The molecule has 4 rings (SSSR count). The van der Waals surface area contributed by atoms with E-state index >= 15 is 0 Å². The molecule has 148 valence electrons. The van der Waals surface area contributed by atoms with Crippen molar-refractivity contribution in [3.05, 3.63) is 75.7 Å². The monoisotopic (exact) mass is 455 g/mol. The van der Waals surface area contributed by atoms with Gasteiger partial charge in [-0.1, -0.05) is 35.0 Å². The number of phenols is 1. The van der Waals surface area contributed by atoms with Crippen LogP contribution in [-0.4, -0.2) is 33.3 Å². The minimum absolute atomic E-state index is 0.0211. The van der Waals surface area contributed by atoms with Gasteiger partial charge in [-0.3, -0.25) is 9.59 Å². The van der Waals surface area contributed by atoms with Crippen molar-refractivity contribution >= 4 is 38.6 Å². The molecule has 2 aromatic carbocycles. The van der Waals surface area contributed by atoms with Crippen LogP contribution in [0.5, 0.6) is 5.75 Å². The van der Waals surface area contributed by atoms with Gasteiger partial charge in [-0.2, -0.15) is 0 Å². The summed E-state index contributed by atoms with van der Waals surface area (Å²) in [7, 11) is 0. The first-order valence-corrected chi connectivity index (χ1v) is 9.96. The van der Waals surface area contributed by atoms with Crippen LogP contribution in [-0.2, 0) is 4.79 Å². The summed E-state index contributed by atoms with van der Waals surface area (Å²) in [5.41, 5.74) is 1.13. The lowest BCUT2D eigenvalue weighted by Crippen LogP contribution is -2.31. The maximum Gasteiger partial charge on any atom is 0.290 e. The largest absolute Gasteiger partial charge is 0.508 e. The molecule has 1 aliphatic rings. The third-order valence-electron chi connectivity index (χ3n) is 4.92. The van der Waals surface area contributed by atoms with Crippen LogP contribution < -0.4 is 0 Å². The zero-order valence-corrected chi connectivity index (χ0v) is 17.1. The number of hydrogen-bond acceptors (Lipinski definition) is 5. The Hall–Kier alpha value is -3.06. The lowest BCUT2D eigenvalue weighted by molar-refractivity contribution is -0.129. The van der Waals surface area contributed by atoms with Crippen LogP contribution in [0.25, 0.3) is 11.0 Å². The Kier molecular flexibility index (Phi) is 4.92. The van der Waals surface area contributed by atoms with Crippen molar-refractivity contribution in [2.45, 2.75) is 19.4 Å². The van der Waals surface area contributed by atoms with E-state index in [1.807, 2.05) is 13.0 Å². The Morgan fingerprint density at radius 1 is 1.14 bits per heavy atom. The molecule has 1 unspecified atom stereocenters. The molecule has 1 aromatic heterocycles. The van der Waals surface area contributed by atoms with E-state index in [-0.39, 0.29) is 17.1 Å². The number of Topliss-reactive ketones (excluding diaryl/α,β-unsaturated/α-hetero) is 1. The molecule has 0 radical (unpaired) electrons. The number of phenolic OH excluding ortho intramolecular Hbond substituents is 1. The number of aliphatic hydroxyl groups excluding tert-OH is 1. The minimum Gasteiger partial charge on any atom is -0.508 e. The smallest absolute Gasteiger partial charge is 0.290 e. The van der Waals surface area contributed by atoms with E-state index in [1.54, 1.807) is 30.3 Å². The van der Waals surface area contributed by atoms with Gasteiger partial charge in [0.1, 0.15) is 11.3 Å². The van der Waals surface area contributed by atoms with Crippen LogP contribution in [0.2, 0.25) is 0 Å². The molecule has 1 amide bonds. The fourth-order valence-electron chi connectivity index (χ4n) is 3.62. The first-order valence-electron chi connectivity index (χ1n) is 9.17. The lowest BCUT2D eigenvalue weighted by atomic mass is 9.95. The molecule has 0 bridgehead atoms. The zero-order valence-electron chi connectivity index (χ0n) is 15.6. The third-order valence-corrected chi connectivity index (χ3v) is 5.42. The molecule has 6 nitrogen and oxygen atoms in total. The topological polar surface area (TPSA) is 91.0 Å². The Morgan fingerprint density at radius 3 is 2.55 bits per heavy atom. The zero-order chi connectivity index (χ0) is 20.7. The first-order chi connectivity index (χ1) is 13.9. The predicted octanol–water partition coefficient (Wildman–Crippen LogP) is 4.89. The second kappa shape index (κ2) is 7.40. The van der Waals surface area contributed by atoms with Gasteiger partial charge in [0.05, 0.1) is 11.6 Å². The number of hydrogen-bond donors (Lipinski definition) is 2. The Morgan fingerprint density at radius 2 is 1.86 bits per heavy atom. The van der Waals surface area contributed by atoms with E-state index in [0.29, 0.717) is 24.1 Å². The summed E-state index contributed by atoms with van der Waals surface area (Å²) < 4.78 is 6.54. The van der Waals surface area contributed by atoms with E-state index in [2.05, 4.69) is 15.9 Å². The minimum atomic E-state index is -0.754. The average Bonchev–Trinajstić information content (AvgIpc) is 3.22. The summed E-state index contributed by atoms with van der Waals surface area (Å²) in [6, 6.07) is 12.5. The van der Waals surface area contributed by atoms with Gasteiger partial charge >= 0.3 is 0 Å². The van der Waals surface area contributed by atoms with Crippen molar-refractivity contribution in [2.75, 3.05) is 6.54 Å². The van der Waals surface area contributed by atoms with E-state index in [0.717, 1.165) is 9.86 Å². The van der Waals surface area contributed by atoms with Gasteiger partial charge in [0.15, 0.2) is 11.5 Å². The second-order valence-corrected chi connectivity index (χ2v) is 7.79. The molecule has 29 heavy (non-hydrogen) atoms. The first kappa shape index (κ1) is 19.3. The SMILES string of the molecule is CCCN1C(=O)C(O)=C(C(=O)c2cc3cc(Br)ccc3o2)C1c1ccc(O)cc1. The molecule has 1 atom stereocenters. The van der Waals surface area contributed by atoms with Crippen LogP contribution >= 0.6 is 15.9 Å². The van der Waals surface area contributed by atoms with Crippen molar-refractivity contribution in [2.24, 2.45) is 0 Å². The number of furan rings is 1. The second-order valence-electron chi connectivity index (χ2n) is 6.88. The normalized spacial score (nSPS) is 16.8. The number of halogens is 1. The molecular formula is C22H18BrNO5. The molecule has 0 aliphatic carbocycles. The summed E-state index contributed by atoms with van der Waals surface area (Å²) in [6.45, 7) is 2.29. The maximum atomic E-state index is 13.3. The Balaban J connectivity index is 1.81. The number of nitrogens with zero attached hydrogens (tertiary/aromatic N) is 1. The van der Waals surface area contributed by atoms with Crippen molar-refractivity contribution in [3.8, 4) is 5.75 Å². The highest BCUT2D eigenvalue weighted by Crippen LogP contribution is 2.40. The number of fused-ring (bicyclic) bond motifs is 1. The van der Waals surface area contributed by atoms with Gasteiger partial charge in [-0.25, -0.2) is 0 Å². The van der Waals surface area contributed by atoms with Gasteiger partial charge in [0.2, 0.25) is 5.78 Å². The highest BCUT2D eigenvalue weighted by molar-refractivity contribution is 9.10. The number of ketones is 1. The van der Waals surface area contributed by atoms with Crippen LogP contribution in [0.15, 0.2) is 68.8 Å². The van der Waals surface area contributed by atoms with Gasteiger partial charge < -0.3 is 19.5 Å². The summed E-state index contributed by atoms with van der Waals surface area (Å²) in [4.78, 5) is 27.5. The molecule has 0 saturated carbocycles. The van der Waals surface area contributed by atoms with Gasteiger partial charge in [-0.15, -0.1) is 0 Å². The van der Waals surface area contributed by atoms with E-state index in [4.69, 9.17) is 4.42 Å². The number of aliphatic hydroxyl groups is 1. The van der Waals surface area contributed by atoms with Crippen LogP contribution in [0.4, 0.5) is 0 Å². The molecule has 0 fully saturated rings. The molecule has 2 N–H and O–H groups in total. The molecule has 1 aliphatic heterocycles. The number of aromatic hydroxyl groups is 1. The number of amides is 1. The number of carbonyl (C=O) groups is 2. The molecule has 0 saturated heterocycles. The predicted molar refractivity (Wildman–Crippen MR) is 111 cm³/mol. The maximum absolute atomic E-state index is 13.3. The standard InChI is InChI=1S/C22H18BrNO5/c1-2-9-24-19(12-3-6-15(25)7-4-12)18(21(27)22(24)28)20(26)17-11-13-10-14(23)5-8-16(13)29-17/h3-8,10-11,19,25,27H,2,9H2,1H3. The average molecular weight is 456 g/mol. The Bertz CT molecular complexity index is 1150.